The zero-order valence-electron chi connectivity index (χ0n) is 74.1. The number of para-hydroxylation sites is 1. The summed E-state index contributed by atoms with van der Waals surface area (Å²) in [6.07, 6.45) is 27.3. The number of benzene rings is 4. The maximum Gasteiger partial charge on any atom is 0.251 e. The van der Waals surface area contributed by atoms with E-state index in [0.29, 0.717) is 75.2 Å². The third-order valence-corrected chi connectivity index (χ3v) is 21.4. The van der Waals surface area contributed by atoms with Crippen molar-refractivity contribution in [2.45, 2.75) is 204 Å². The molecule has 3 N–H and O–H groups in total. The van der Waals surface area contributed by atoms with Crippen LogP contribution in [0.3, 0.4) is 0 Å². The minimum Gasteiger partial charge on any atom is -0.353 e. The zero-order valence-corrected chi connectivity index (χ0v) is 75.6. The van der Waals surface area contributed by atoms with Crippen molar-refractivity contribution in [3.63, 3.8) is 0 Å². The molecular formula is C93H123Cl2FN22O5. The van der Waals surface area contributed by atoms with Gasteiger partial charge in [-0.2, -0.15) is 9.97 Å². The Morgan fingerprint density at radius 1 is 0.423 bits per heavy atom. The van der Waals surface area contributed by atoms with Crippen LogP contribution in [-0.2, 0) is 16.0 Å². The molecule has 0 radical (unpaired) electrons. The molecule has 27 nitrogen and oxygen atoms in total. The van der Waals surface area contributed by atoms with Crippen LogP contribution in [0.15, 0.2) is 168 Å². The molecule has 5 fully saturated rings. The number of aryl methyl sites for hydroxylation is 11. The van der Waals surface area contributed by atoms with E-state index >= 15 is 0 Å². The second-order valence-corrected chi connectivity index (χ2v) is 31.8. The quantitative estimate of drug-likeness (QED) is 0.119. The molecule has 30 heteroatoms. The third-order valence-electron chi connectivity index (χ3n) is 20.8. The fourth-order valence-electron chi connectivity index (χ4n) is 13.4. The molecule has 5 aliphatic rings. The van der Waals surface area contributed by atoms with E-state index in [9.17, 15) is 18.8 Å². The normalized spacial score (nSPS) is 14.9. The van der Waals surface area contributed by atoms with Crippen molar-refractivity contribution < 1.29 is 27.8 Å². The standard InChI is InChI=1S/C13H24N2O.C13H18N2O.C12H22N2O.C11H10N2.C9H7FN2.C9H8N2.C6H7ClN2.C6H8N2.C5H5ClN2.C5H8N2O.C4H6N2O/c2*1-15-9-7-12(8-10-15)14-13(16)11-5-3-2-4-6-11;1-14-8-6-11(7-9-14)13-12(15)10-4-2-3-5-10;1-9-7-11(13-8-12-9)10-5-3-2-4-6-10;1-6-8-3-2-7(10)4-9(8)12-5-11-6;1-7-8-4-2-3-5-9(8)11-6-10-7;1-4-5(2)8-3-9-6(4)7;1-5-3-6(2)8-4-7-5;1-4-2-5(6)8-3-7-4;1-3-5-6-4(2)8-7-5;1-3-5-4(2)7-6-3/h11-12H,2-10H2,1H3,(H,14,16);2-6,12H,7-10H2,1H3,(H,14,16);10-11H,2-9H2,1H3,(H,13,15);2-8H,1H3;2-5H,1H3;2-6H,1H3;3H,1-2H3;3-4H,1-2H3;2-3H,1H3;3H2,1-2H3;1-2H3. The maximum atomic E-state index is 12.7. The van der Waals surface area contributed by atoms with Gasteiger partial charge in [-0.25, -0.2) is 64.2 Å². The molecule has 11 heterocycles. The fraction of sp³-hybridized carbons (Fsp3) is 0.452. The summed E-state index contributed by atoms with van der Waals surface area (Å²) in [6.45, 7) is 29.4. The molecule has 0 spiro atoms. The average molecular weight is 1720 g/mol. The monoisotopic (exact) mass is 1720 g/mol. The van der Waals surface area contributed by atoms with Crippen LogP contribution < -0.4 is 16.0 Å². The minimum atomic E-state index is -0.263. The van der Waals surface area contributed by atoms with E-state index in [4.69, 9.17) is 27.7 Å². The van der Waals surface area contributed by atoms with Gasteiger partial charge >= 0.3 is 0 Å². The average Bonchev–Trinajstić information content (AvgIpc) is 1.63. The highest BCUT2D eigenvalue weighted by molar-refractivity contribution is 6.30. The van der Waals surface area contributed by atoms with Crippen molar-refractivity contribution >= 4 is 62.7 Å². The fourth-order valence-corrected chi connectivity index (χ4v) is 13.8. The molecule has 8 aromatic heterocycles. The number of nitrogens with zero attached hydrogens (tertiary/aromatic N) is 19. The lowest BCUT2D eigenvalue weighted by molar-refractivity contribution is -0.127. The smallest absolute Gasteiger partial charge is 0.251 e. The molecule has 0 bridgehead atoms. The zero-order chi connectivity index (χ0) is 88.8. The number of carbonyl (C=O) groups is 3. The predicted octanol–water partition coefficient (Wildman–Crippen LogP) is 17.0. The molecule has 12 aromatic rings. The number of carbonyl (C=O) groups excluding carboxylic acids is 3. The van der Waals surface area contributed by atoms with E-state index in [-0.39, 0.29) is 11.7 Å². The second kappa shape index (κ2) is 54.5. The number of rotatable bonds is 8. The number of likely N-dealkylation sites (tertiary alicyclic amines) is 3. The van der Waals surface area contributed by atoms with Gasteiger partial charge in [0.2, 0.25) is 23.6 Å². The minimum absolute atomic E-state index is 0.0511. The Balaban J connectivity index is 0.000000188. The molecule has 2 saturated carbocycles. The van der Waals surface area contributed by atoms with Crippen molar-refractivity contribution in [2.75, 3.05) is 60.4 Å². The van der Waals surface area contributed by atoms with Crippen LogP contribution in [-0.4, -0.2) is 191 Å². The Morgan fingerprint density at radius 2 is 0.854 bits per heavy atom. The second-order valence-electron chi connectivity index (χ2n) is 31.0. The highest BCUT2D eigenvalue weighted by atomic mass is 35.5. The lowest BCUT2D eigenvalue weighted by Gasteiger charge is -2.31. The number of halogens is 3. The van der Waals surface area contributed by atoms with Gasteiger partial charge in [-0.05, 0) is 235 Å². The van der Waals surface area contributed by atoms with E-state index < -0.39 is 0 Å². The van der Waals surface area contributed by atoms with E-state index in [0.717, 1.165) is 194 Å². The number of amides is 3. The Kier molecular flexibility index (Phi) is 43.9. The highest BCUT2D eigenvalue weighted by Gasteiger charge is 2.27. The first-order valence-corrected chi connectivity index (χ1v) is 43.0. The largest absolute Gasteiger partial charge is 0.353 e. The van der Waals surface area contributed by atoms with Crippen LogP contribution in [0.4, 0.5) is 4.39 Å². The van der Waals surface area contributed by atoms with Crippen molar-refractivity contribution in [2.24, 2.45) is 11.8 Å². The van der Waals surface area contributed by atoms with Gasteiger partial charge in [-0.3, -0.25) is 14.4 Å². The molecule has 0 atom stereocenters. The van der Waals surface area contributed by atoms with Crippen LogP contribution in [0.5, 0.6) is 0 Å². The SMILES string of the molecule is CCc1noc(C)n1.CN1CCC(NC(=O)C2CCCC2)CC1.CN1CCC(NC(=O)C2CCCCC2)CC1.CN1CCC(NC(=O)c2ccccc2)CC1.Cc1cc(-c2ccccc2)ncn1.Cc1cc(C)ncn1.Cc1cc(Cl)ncn1.Cc1ncnc(Cl)c1C.Cc1ncnc2cc(F)ccc12.Cc1ncnc2ccccc12.Cc1noc(C)n1. The van der Waals surface area contributed by atoms with Crippen LogP contribution >= 0.6 is 23.2 Å². The molecule has 17 rings (SSSR count). The van der Waals surface area contributed by atoms with Crippen molar-refractivity contribution in [3.05, 3.63) is 250 Å². The van der Waals surface area contributed by atoms with Crippen LogP contribution in [0.1, 0.15) is 182 Å². The molecule has 2 aliphatic carbocycles. The maximum absolute atomic E-state index is 12.7. The first-order chi connectivity index (χ1) is 59.2. The van der Waals surface area contributed by atoms with E-state index in [1.54, 1.807) is 51.9 Å². The third kappa shape index (κ3) is 38.1. The van der Waals surface area contributed by atoms with Gasteiger partial charge in [-0.15, -0.1) is 0 Å². The van der Waals surface area contributed by atoms with Crippen LogP contribution in [0.2, 0.25) is 10.3 Å². The molecule has 3 aliphatic heterocycles. The molecule has 656 valence electrons. The van der Waals surface area contributed by atoms with Gasteiger partial charge in [0.1, 0.15) is 54.1 Å². The van der Waals surface area contributed by atoms with Crippen molar-refractivity contribution in [1.29, 1.82) is 0 Å². The number of aromatic nitrogens is 16. The summed E-state index contributed by atoms with van der Waals surface area (Å²) in [5, 5.41) is 19.8. The highest BCUT2D eigenvalue weighted by Crippen LogP contribution is 2.27. The Bertz CT molecular complexity index is 4940. The summed E-state index contributed by atoms with van der Waals surface area (Å²) >= 11 is 11.2. The first kappa shape index (κ1) is 99.1. The van der Waals surface area contributed by atoms with Gasteiger partial charge in [-0.1, -0.05) is 139 Å². The summed E-state index contributed by atoms with van der Waals surface area (Å²) < 4.78 is 22.0. The number of piperidine rings is 3. The Labute approximate surface area is 734 Å². The predicted molar refractivity (Wildman–Crippen MR) is 483 cm³/mol. The van der Waals surface area contributed by atoms with Crippen LogP contribution in [0.25, 0.3) is 33.1 Å². The summed E-state index contributed by atoms with van der Waals surface area (Å²) in [4.78, 5) is 98.1. The molecule has 123 heavy (non-hydrogen) atoms. The van der Waals surface area contributed by atoms with Gasteiger partial charge in [0.05, 0.1) is 16.7 Å². The Hall–Kier alpha value is -11.0. The first-order valence-electron chi connectivity index (χ1n) is 42.3. The molecule has 3 saturated heterocycles. The summed E-state index contributed by atoms with van der Waals surface area (Å²) in [7, 11) is 6.42. The van der Waals surface area contributed by atoms with Gasteiger partial charge in [0, 0.05) is 124 Å². The Morgan fingerprint density at radius 3 is 1.28 bits per heavy atom. The number of nitrogens with one attached hydrogen (secondary N) is 3. The molecular weight excluding hydrogens is 1600 g/mol. The van der Waals surface area contributed by atoms with Gasteiger partial charge in [0.25, 0.3) is 5.91 Å². The lowest BCUT2D eigenvalue weighted by Crippen LogP contribution is -2.45. The number of hydrogen-bond acceptors (Lipinski definition) is 24. The van der Waals surface area contributed by atoms with E-state index in [1.165, 1.54) is 63.2 Å². The van der Waals surface area contributed by atoms with E-state index in [2.05, 4.69) is 136 Å². The number of fused-ring (bicyclic) bond motifs is 2. The topological polar surface area (TPSA) is 330 Å². The van der Waals surface area contributed by atoms with Gasteiger partial charge in [0.15, 0.2) is 11.6 Å². The lowest BCUT2D eigenvalue weighted by atomic mass is 9.88. The molecule has 4 aromatic carbocycles. The van der Waals surface area contributed by atoms with Crippen molar-refractivity contribution in [3.8, 4) is 11.3 Å². The van der Waals surface area contributed by atoms with Crippen LogP contribution in [0, 0.1) is 93.8 Å². The number of hydrogen-bond donors (Lipinski definition) is 3. The van der Waals surface area contributed by atoms with Crippen molar-refractivity contribution in [1.82, 2.24) is 111 Å². The summed E-state index contributed by atoms with van der Waals surface area (Å²) in [6, 6.07) is 38.9. The van der Waals surface area contributed by atoms with E-state index in [1.807, 2.05) is 159 Å². The summed E-state index contributed by atoms with van der Waals surface area (Å²) in [5.74, 6) is 3.81. The molecule has 3 amide bonds. The molecule has 0 unspecified atom stereocenters. The van der Waals surface area contributed by atoms with Gasteiger partial charge < -0.3 is 39.7 Å². The summed E-state index contributed by atoms with van der Waals surface area (Å²) in [5.41, 5.74) is 12.3.